The van der Waals surface area contributed by atoms with Crippen molar-refractivity contribution in [3.63, 3.8) is 0 Å². The van der Waals surface area contributed by atoms with Crippen LogP contribution in [0.4, 0.5) is 0 Å². The summed E-state index contributed by atoms with van der Waals surface area (Å²) in [6.45, 7) is 10.6. The highest BCUT2D eigenvalue weighted by Gasteiger charge is 2.24. The van der Waals surface area contributed by atoms with Gasteiger partial charge in [-0.3, -0.25) is 4.79 Å². The van der Waals surface area contributed by atoms with Crippen molar-refractivity contribution in [3.05, 3.63) is 0 Å². The summed E-state index contributed by atoms with van der Waals surface area (Å²) in [6.07, 6.45) is 2.92. The van der Waals surface area contributed by atoms with Gasteiger partial charge in [0, 0.05) is 13.1 Å². The number of nitrogens with zero attached hydrogens (tertiary/aromatic N) is 1. The number of aliphatic carboxylic acids is 1. The van der Waals surface area contributed by atoms with E-state index in [1.807, 2.05) is 0 Å². The summed E-state index contributed by atoms with van der Waals surface area (Å²) in [5.74, 6) is 0.808. The first kappa shape index (κ1) is 15.4. The van der Waals surface area contributed by atoms with Gasteiger partial charge in [0.25, 0.3) is 0 Å². The van der Waals surface area contributed by atoms with Crippen LogP contribution in [0.3, 0.4) is 0 Å². The zero-order valence-electron chi connectivity index (χ0n) is 12.0. The summed E-state index contributed by atoms with van der Waals surface area (Å²) in [4.78, 5) is 13.5. The maximum Gasteiger partial charge on any atom is 0.320 e. The lowest BCUT2D eigenvalue weighted by Gasteiger charge is -2.35. The van der Waals surface area contributed by atoms with Gasteiger partial charge in [0.2, 0.25) is 0 Å². The Hall–Kier alpha value is -0.610. The van der Waals surface area contributed by atoms with E-state index in [9.17, 15) is 4.79 Å². The first-order chi connectivity index (χ1) is 8.54. The summed E-state index contributed by atoms with van der Waals surface area (Å²) in [5.41, 5.74) is 0. The topological polar surface area (TPSA) is 52.6 Å². The predicted octanol–water partition coefficient (Wildman–Crippen LogP) is 1.81. The van der Waals surface area contributed by atoms with Crippen LogP contribution in [0, 0.1) is 11.8 Å². The summed E-state index contributed by atoms with van der Waals surface area (Å²) in [7, 11) is 0. The largest absolute Gasteiger partial charge is 0.480 e. The van der Waals surface area contributed by atoms with Gasteiger partial charge in [-0.15, -0.1) is 0 Å². The summed E-state index contributed by atoms with van der Waals surface area (Å²) in [6, 6.07) is -0.389. The normalized spacial score (nSPS) is 27.1. The fraction of sp³-hybridized carbons (Fsp3) is 0.929. The van der Waals surface area contributed by atoms with Gasteiger partial charge < -0.3 is 15.3 Å². The minimum atomic E-state index is -0.720. The van der Waals surface area contributed by atoms with Crippen LogP contribution in [0.15, 0.2) is 0 Å². The number of hydrogen-bond acceptors (Lipinski definition) is 3. The maximum absolute atomic E-state index is 11.1. The fourth-order valence-corrected chi connectivity index (χ4v) is 2.50. The molecule has 1 aliphatic heterocycles. The summed E-state index contributed by atoms with van der Waals surface area (Å²) in [5, 5.41) is 12.2. The number of carboxylic acid groups (broad SMARTS) is 1. The van der Waals surface area contributed by atoms with Crippen LogP contribution in [0.1, 0.15) is 40.0 Å². The lowest BCUT2D eigenvalue weighted by molar-refractivity contribution is -0.139. The molecule has 1 aliphatic rings. The second-order valence-electron chi connectivity index (χ2n) is 5.68. The van der Waals surface area contributed by atoms with Crippen LogP contribution in [-0.4, -0.2) is 48.2 Å². The molecule has 3 unspecified atom stereocenters. The molecule has 0 radical (unpaired) electrons. The van der Waals surface area contributed by atoms with E-state index < -0.39 is 5.97 Å². The van der Waals surface area contributed by atoms with Crippen LogP contribution >= 0.6 is 0 Å². The van der Waals surface area contributed by atoms with E-state index in [4.69, 9.17) is 5.11 Å². The monoisotopic (exact) mass is 256 g/mol. The Kier molecular flexibility index (Phi) is 6.65. The molecular formula is C14H28N2O2. The molecule has 4 heteroatoms. The highest BCUT2D eigenvalue weighted by molar-refractivity contribution is 5.73. The zero-order chi connectivity index (χ0) is 13.5. The number of piperidine rings is 1. The molecule has 1 fully saturated rings. The molecule has 1 heterocycles. The first-order valence-corrected chi connectivity index (χ1v) is 7.23. The van der Waals surface area contributed by atoms with Crippen molar-refractivity contribution in [2.24, 2.45) is 11.8 Å². The van der Waals surface area contributed by atoms with E-state index >= 15 is 0 Å². The van der Waals surface area contributed by atoms with Crippen molar-refractivity contribution in [2.75, 3.05) is 26.2 Å². The molecule has 2 N–H and O–H groups in total. The minimum Gasteiger partial charge on any atom is -0.480 e. The molecule has 0 bridgehead atoms. The molecule has 0 saturated carbocycles. The highest BCUT2D eigenvalue weighted by atomic mass is 16.4. The molecule has 0 spiro atoms. The second kappa shape index (κ2) is 7.74. The highest BCUT2D eigenvalue weighted by Crippen LogP contribution is 2.22. The fourth-order valence-electron chi connectivity index (χ4n) is 2.50. The van der Waals surface area contributed by atoms with Crippen LogP contribution in [0.2, 0.25) is 0 Å². The maximum atomic E-state index is 11.1. The van der Waals surface area contributed by atoms with Crippen molar-refractivity contribution in [2.45, 2.75) is 46.1 Å². The smallest absolute Gasteiger partial charge is 0.320 e. The lowest BCUT2D eigenvalue weighted by atomic mass is 9.88. The molecule has 0 aliphatic carbocycles. The molecule has 106 valence electrons. The Morgan fingerprint density at radius 1 is 1.44 bits per heavy atom. The Morgan fingerprint density at radius 3 is 2.72 bits per heavy atom. The number of hydrogen-bond donors (Lipinski definition) is 2. The molecule has 18 heavy (non-hydrogen) atoms. The molecule has 0 amide bonds. The van der Waals surface area contributed by atoms with E-state index in [-0.39, 0.29) is 6.04 Å². The Bertz CT molecular complexity index is 258. The van der Waals surface area contributed by atoms with E-state index in [2.05, 4.69) is 31.0 Å². The number of rotatable bonds is 7. The van der Waals surface area contributed by atoms with Gasteiger partial charge in [0.15, 0.2) is 0 Å². The molecule has 4 nitrogen and oxygen atoms in total. The third kappa shape index (κ3) is 4.94. The van der Waals surface area contributed by atoms with Crippen molar-refractivity contribution in [1.82, 2.24) is 10.2 Å². The van der Waals surface area contributed by atoms with E-state index in [1.165, 1.54) is 6.42 Å². The third-order valence-corrected chi connectivity index (χ3v) is 4.09. The SMILES string of the molecule is CCCNC(CCN1CCC(C)C(C)C1)C(=O)O. The number of nitrogens with one attached hydrogen (secondary N) is 1. The molecule has 0 aromatic rings. The molecule has 0 aromatic carbocycles. The van der Waals surface area contributed by atoms with Gasteiger partial charge in [0.05, 0.1) is 0 Å². The van der Waals surface area contributed by atoms with Crippen molar-refractivity contribution in [1.29, 1.82) is 0 Å². The quantitative estimate of drug-likeness (QED) is 0.729. The first-order valence-electron chi connectivity index (χ1n) is 7.23. The van der Waals surface area contributed by atoms with Gasteiger partial charge in [-0.25, -0.2) is 0 Å². The van der Waals surface area contributed by atoms with Gasteiger partial charge >= 0.3 is 5.97 Å². The second-order valence-corrected chi connectivity index (χ2v) is 5.68. The van der Waals surface area contributed by atoms with E-state index in [0.717, 1.165) is 44.4 Å². The number of likely N-dealkylation sites (tertiary alicyclic amines) is 1. The third-order valence-electron chi connectivity index (χ3n) is 4.09. The Morgan fingerprint density at radius 2 is 2.17 bits per heavy atom. The average molecular weight is 256 g/mol. The van der Waals surface area contributed by atoms with E-state index in [0.29, 0.717) is 6.42 Å². The van der Waals surface area contributed by atoms with Crippen molar-refractivity contribution in [3.8, 4) is 0 Å². The molecule has 3 atom stereocenters. The van der Waals surface area contributed by atoms with Gasteiger partial charge in [-0.1, -0.05) is 20.8 Å². The van der Waals surface area contributed by atoms with Crippen molar-refractivity contribution >= 4 is 5.97 Å². The minimum absolute atomic E-state index is 0.389. The standard InChI is InChI=1S/C14H28N2O2/c1-4-7-15-13(14(17)18)6-9-16-8-5-11(2)12(3)10-16/h11-13,15H,4-10H2,1-3H3,(H,17,18). The molecule has 1 rings (SSSR count). The van der Waals surface area contributed by atoms with Gasteiger partial charge in [-0.05, 0) is 44.2 Å². The van der Waals surface area contributed by atoms with Crippen LogP contribution in [0.25, 0.3) is 0 Å². The van der Waals surface area contributed by atoms with Crippen LogP contribution in [0.5, 0.6) is 0 Å². The number of carboxylic acids is 1. The van der Waals surface area contributed by atoms with Crippen LogP contribution in [-0.2, 0) is 4.79 Å². The summed E-state index contributed by atoms with van der Waals surface area (Å²) >= 11 is 0. The predicted molar refractivity (Wildman–Crippen MR) is 73.7 cm³/mol. The Balaban J connectivity index is 2.31. The van der Waals surface area contributed by atoms with E-state index in [1.54, 1.807) is 0 Å². The number of carbonyl (C=O) groups is 1. The zero-order valence-corrected chi connectivity index (χ0v) is 12.0. The average Bonchev–Trinajstić information content (AvgIpc) is 2.33. The molecule has 1 saturated heterocycles. The summed E-state index contributed by atoms with van der Waals surface area (Å²) < 4.78 is 0. The van der Waals surface area contributed by atoms with Gasteiger partial charge in [-0.2, -0.15) is 0 Å². The van der Waals surface area contributed by atoms with Crippen molar-refractivity contribution < 1.29 is 9.90 Å². The lowest BCUT2D eigenvalue weighted by Crippen LogP contribution is -2.43. The Labute approximate surface area is 111 Å². The molecular weight excluding hydrogens is 228 g/mol. The molecule has 0 aromatic heterocycles. The van der Waals surface area contributed by atoms with Gasteiger partial charge in [0.1, 0.15) is 6.04 Å². The van der Waals surface area contributed by atoms with Crippen LogP contribution < -0.4 is 5.32 Å².